The van der Waals surface area contributed by atoms with Gasteiger partial charge in [-0.25, -0.2) is 12.8 Å². The van der Waals surface area contributed by atoms with Crippen molar-refractivity contribution >= 4 is 16.0 Å². The summed E-state index contributed by atoms with van der Waals surface area (Å²) in [5, 5.41) is 18.7. The van der Waals surface area contributed by atoms with Crippen molar-refractivity contribution in [1.29, 1.82) is 0 Å². The van der Waals surface area contributed by atoms with Crippen LogP contribution in [0.3, 0.4) is 0 Å². The maximum Gasteiger partial charge on any atom is 0.303 e. The van der Waals surface area contributed by atoms with E-state index < -0.39 is 27.9 Å². The number of hydrogen-bond donors (Lipinski definition) is 2. The van der Waals surface area contributed by atoms with Gasteiger partial charge < -0.3 is 10.2 Å². The maximum atomic E-state index is 13.3. The van der Waals surface area contributed by atoms with E-state index >= 15 is 0 Å². The van der Waals surface area contributed by atoms with Gasteiger partial charge in [-0.1, -0.05) is 24.3 Å². The van der Waals surface area contributed by atoms with Gasteiger partial charge in [0.15, 0.2) is 0 Å². The average Bonchev–Trinajstić information content (AvgIpc) is 3.12. The number of aromatic hydroxyl groups is 1. The second-order valence-corrected chi connectivity index (χ2v) is 9.19. The molecular formula is C22H24FNO5S. The lowest BCUT2D eigenvalue weighted by Crippen LogP contribution is -2.32. The van der Waals surface area contributed by atoms with Gasteiger partial charge in [-0.2, -0.15) is 4.31 Å². The third-order valence-electron chi connectivity index (χ3n) is 5.24. The van der Waals surface area contributed by atoms with E-state index in [1.807, 2.05) is 6.08 Å². The molecule has 160 valence electrons. The molecule has 8 heteroatoms. The molecule has 2 unspecified atom stereocenters. The van der Waals surface area contributed by atoms with Crippen LogP contribution in [0.25, 0.3) is 0 Å². The van der Waals surface area contributed by atoms with Crippen LogP contribution in [-0.4, -0.2) is 35.5 Å². The van der Waals surface area contributed by atoms with Gasteiger partial charge >= 0.3 is 5.97 Å². The summed E-state index contributed by atoms with van der Waals surface area (Å²) < 4.78 is 41.2. The molecule has 2 N–H and O–H groups in total. The lowest BCUT2D eigenvalue weighted by atomic mass is 9.91. The Morgan fingerprint density at radius 1 is 1.17 bits per heavy atom. The first kappa shape index (κ1) is 22.0. The lowest BCUT2D eigenvalue weighted by Gasteiger charge is -2.28. The van der Waals surface area contributed by atoms with Gasteiger partial charge in [0.05, 0.1) is 10.9 Å². The van der Waals surface area contributed by atoms with Crippen molar-refractivity contribution in [2.75, 3.05) is 6.54 Å². The molecule has 0 radical (unpaired) electrons. The molecule has 0 spiro atoms. The quantitative estimate of drug-likeness (QED) is 0.612. The van der Waals surface area contributed by atoms with Crippen molar-refractivity contribution in [3.05, 3.63) is 72.1 Å². The van der Waals surface area contributed by atoms with E-state index in [1.54, 1.807) is 24.3 Å². The van der Waals surface area contributed by atoms with E-state index in [4.69, 9.17) is 5.11 Å². The smallest absolute Gasteiger partial charge is 0.303 e. The summed E-state index contributed by atoms with van der Waals surface area (Å²) in [5.41, 5.74) is 0.683. The minimum atomic E-state index is -3.86. The zero-order valence-corrected chi connectivity index (χ0v) is 17.1. The molecule has 2 aromatic carbocycles. The largest absolute Gasteiger partial charge is 0.508 e. The van der Waals surface area contributed by atoms with Gasteiger partial charge in [-0.15, -0.1) is 0 Å². The van der Waals surface area contributed by atoms with Gasteiger partial charge in [0.25, 0.3) is 0 Å². The zero-order chi connectivity index (χ0) is 21.7. The number of aliphatic carboxylic acids is 1. The number of carboxylic acid groups (broad SMARTS) is 1. The van der Waals surface area contributed by atoms with Crippen LogP contribution in [0.1, 0.15) is 37.3 Å². The molecule has 1 aliphatic heterocycles. The van der Waals surface area contributed by atoms with Crippen LogP contribution in [0.15, 0.2) is 65.6 Å². The zero-order valence-electron chi connectivity index (χ0n) is 16.3. The highest BCUT2D eigenvalue weighted by Crippen LogP contribution is 2.43. The molecule has 2 aromatic rings. The third kappa shape index (κ3) is 5.06. The number of phenols is 1. The summed E-state index contributed by atoms with van der Waals surface area (Å²) in [4.78, 5) is 10.7. The summed E-state index contributed by atoms with van der Waals surface area (Å²) >= 11 is 0. The van der Waals surface area contributed by atoms with Gasteiger partial charge in [0.2, 0.25) is 10.0 Å². The SMILES string of the molecule is O=C(O)CC/C=C\CC1CCN(S(=O)(=O)c2ccc(F)cc2)C1c1cccc(O)c1. The van der Waals surface area contributed by atoms with Crippen LogP contribution in [0.4, 0.5) is 4.39 Å². The molecule has 1 heterocycles. The van der Waals surface area contributed by atoms with E-state index in [2.05, 4.69) is 0 Å². The van der Waals surface area contributed by atoms with Gasteiger partial charge in [0, 0.05) is 13.0 Å². The average molecular weight is 434 g/mol. The fraction of sp³-hybridized carbons (Fsp3) is 0.318. The Kier molecular flexibility index (Phi) is 6.89. The van der Waals surface area contributed by atoms with Crippen molar-refractivity contribution in [3.63, 3.8) is 0 Å². The van der Waals surface area contributed by atoms with Crippen LogP contribution in [-0.2, 0) is 14.8 Å². The predicted molar refractivity (Wildman–Crippen MR) is 110 cm³/mol. The number of hydrogen-bond acceptors (Lipinski definition) is 4. The standard InChI is InChI=1S/C22H24FNO5S/c23-18-9-11-20(12-10-18)30(28,29)24-14-13-16(5-2-1-3-8-21(26)27)22(24)17-6-4-7-19(25)15-17/h1-2,4,6-7,9-12,15-16,22,25H,3,5,8,13-14H2,(H,26,27)/b2-1-. The minimum Gasteiger partial charge on any atom is -0.508 e. The number of rotatable bonds is 8. The Morgan fingerprint density at radius 3 is 2.57 bits per heavy atom. The number of nitrogens with zero attached hydrogens (tertiary/aromatic N) is 1. The highest BCUT2D eigenvalue weighted by atomic mass is 32.2. The molecule has 6 nitrogen and oxygen atoms in total. The van der Waals surface area contributed by atoms with Gasteiger partial charge in [-0.05, 0) is 67.1 Å². The Bertz CT molecular complexity index is 1020. The highest BCUT2D eigenvalue weighted by Gasteiger charge is 2.42. The summed E-state index contributed by atoms with van der Waals surface area (Å²) in [6, 6.07) is 10.8. The first-order chi connectivity index (χ1) is 14.3. The Hall–Kier alpha value is -2.71. The Morgan fingerprint density at radius 2 is 1.90 bits per heavy atom. The van der Waals surface area contributed by atoms with E-state index in [9.17, 15) is 22.7 Å². The highest BCUT2D eigenvalue weighted by molar-refractivity contribution is 7.89. The Labute approximate surface area is 175 Å². The third-order valence-corrected chi connectivity index (χ3v) is 7.13. The molecule has 3 rings (SSSR count). The topological polar surface area (TPSA) is 94.9 Å². The molecule has 1 aliphatic rings. The number of sulfonamides is 1. The van der Waals surface area contributed by atoms with Crippen molar-refractivity contribution < 1.29 is 27.8 Å². The molecule has 0 amide bonds. The van der Waals surface area contributed by atoms with E-state index in [1.165, 1.54) is 22.5 Å². The molecule has 0 saturated carbocycles. The fourth-order valence-electron chi connectivity index (χ4n) is 3.83. The van der Waals surface area contributed by atoms with Crippen molar-refractivity contribution in [3.8, 4) is 5.75 Å². The number of carbonyl (C=O) groups is 1. The molecule has 1 saturated heterocycles. The van der Waals surface area contributed by atoms with Gasteiger partial charge in [0.1, 0.15) is 11.6 Å². The molecule has 0 bridgehead atoms. The monoisotopic (exact) mass is 433 g/mol. The summed E-state index contributed by atoms with van der Waals surface area (Å²) in [6.45, 7) is 0.299. The molecular weight excluding hydrogens is 409 g/mol. The Balaban J connectivity index is 1.88. The predicted octanol–water partition coefficient (Wildman–Crippen LogP) is 4.09. The van der Waals surface area contributed by atoms with Gasteiger partial charge in [-0.3, -0.25) is 4.79 Å². The molecule has 1 fully saturated rings. The number of carboxylic acids is 1. The summed E-state index contributed by atoms with van der Waals surface area (Å²) in [7, 11) is -3.86. The summed E-state index contributed by atoms with van der Waals surface area (Å²) in [5.74, 6) is -1.36. The second-order valence-electron chi connectivity index (χ2n) is 7.30. The second kappa shape index (κ2) is 9.40. The van der Waals surface area contributed by atoms with Crippen molar-refractivity contribution in [1.82, 2.24) is 4.31 Å². The number of benzene rings is 2. The number of phenolic OH excluding ortho intramolecular Hbond substituents is 1. The summed E-state index contributed by atoms with van der Waals surface area (Å²) in [6.07, 6.45) is 5.33. The first-order valence-electron chi connectivity index (χ1n) is 9.72. The number of halogens is 1. The fourth-order valence-corrected chi connectivity index (χ4v) is 5.52. The molecule has 30 heavy (non-hydrogen) atoms. The van der Waals surface area contributed by atoms with E-state index in [0.717, 1.165) is 12.1 Å². The van der Waals surface area contributed by atoms with Crippen molar-refractivity contribution in [2.45, 2.75) is 36.6 Å². The van der Waals surface area contributed by atoms with Crippen LogP contribution in [0.2, 0.25) is 0 Å². The minimum absolute atomic E-state index is 0.0201. The van der Waals surface area contributed by atoms with E-state index in [0.29, 0.717) is 31.4 Å². The first-order valence-corrected chi connectivity index (χ1v) is 11.2. The molecule has 2 atom stereocenters. The molecule has 0 aliphatic carbocycles. The van der Waals surface area contributed by atoms with Crippen LogP contribution in [0.5, 0.6) is 5.75 Å². The van der Waals surface area contributed by atoms with Crippen LogP contribution in [0, 0.1) is 11.7 Å². The van der Waals surface area contributed by atoms with Crippen LogP contribution < -0.4 is 0 Å². The maximum absolute atomic E-state index is 13.3. The van der Waals surface area contributed by atoms with Crippen molar-refractivity contribution in [2.24, 2.45) is 5.92 Å². The molecule has 0 aromatic heterocycles. The number of allylic oxidation sites excluding steroid dienone is 2. The van der Waals surface area contributed by atoms with E-state index in [-0.39, 0.29) is 23.0 Å². The van der Waals surface area contributed by atoms with Crippen LogP contribution >= 0.6 is 0 Å². The lowest BCUT2D eigenvalue weighted by molar-refractivity contribution is -0.136. The normalized spacial score (nSPS) is 20.0.